The number of nitrogens with zero attached hydrogens (tertiary/aromatic N) is 1. The monoisotopic (exact) mass is 275 g/mol. The van der Waals surface area contributed by atoms with Crippen molar-refractivity contribution in [2.75, 3.05) is 13.2 Å². The number of aromatic nitrogens is 1. The first-order valence-corrected chi connectivity index (χ1v) is 6.96. The maximum absolute atomic E-state index is 5.61. The van der Waals surface area contributed by atoms with E-state index in [1.807, 2.05) is 35.7 Å². The standard InChI is InChI=1S/C14H11NO3S.H2/c1-3-10(16-7-11-8-17-11)4-2-9(1)13-14-12(18-15-13)5-6-19-14;/h1-6,11H,7-8H2;1H/t11-;/m0./s1. The molecule has 5 heteroatoms. The van der Waals surface area contributed by atoms with Crippen LogP contribution in [-0.4, -0.2) is 24.5 Å². The van der Waals surface area contributed by atoms with Gasteiger partial charge in [0, 0.05) is 6.99 Å². The molecule has 0 saturated carbocycles. The van der Waals surface area contributed by atoms with Crippen molar-refractivity contribution in [3.63, 3.8) is 0 Å². The van der Waals surface area contributed by atoms with Crippen molar-refractivity contribution < 1.29 is 15.4 Å². The summed E-state index contributed by atoms with van der Waals surface area (Å²) in [5.74, 6) is 0.852. The zero-order valence-electron chi connectivity index (χ0n) is 10.0. The van der Waals surface area contributed by atoms with E-state index in [2.05, 4.69) is 5.16 Å². The Hall–Kier alpha value is -1.85. The maximum atomic E-state index is 5.61. The first-order chi connectivity index (χ1) is 9.40. The minimum absolute atomic E-state index is 0. The lowest BCUT2D eigenvalue weighted by Crippen LogP contribution is -2.03. The average molecular weight is 275 g/mol. The number of thiophene rings is 1. The summed E-state index contributed by atoms with van der Waals surface area (Å²) in [5.41, 5.74) is 2.77. The van der Waals surface area contributed by atoms with Gasteiger partial charge in [0.25, 0.3) is 0 Å². The van der Waals surface area contributed by atoms with Crippen molar-refractivity contribution >= 4 is 21.6 Å². The summed E-state index contributed by atoms with van der Waals surface area (Å²) in [4.78, 5) is 0. The first-order valence-electron chi connectivity index (χ1n) is 6.08. The van der Waals surface area contributed by atoms with E-state index >= 15 is 0 Å². The molecular formula is C14H13NO3S. The van der Waals surface area contributed by atoms with Gasteiger partial charge in [-0.25, -0.2) is 0 Å². The number of benzene rings is 1. The Labute approximate surface area is 115 Å². The summed E-state index contributed by atoms with van der Waals surface area (Å²) < 4.78 is 17.1. The molecule has 0 bridgehead atoms. The van der Waals surface area contributed by atoms with Gasteiger partial charge in [-0.15, -0.1) is 11.3 Å². The molecule has 0 unspecified atom stereocenters. The molecule has 0 aliphatic carbocycles. The molecule has 1 aromatic carbocycles. The zero-order chi connectivity index (χ0) is 12.7. The van der Waals surface area contributed by atoms with Gasteiger partial charge in [0.2, 0.25) is 0 Å². The SMILES string of the molecule is [HH].c1cc2onc(-c3ccc(OC[C@H]4CO4)cc3)c2s1. The third kappa shape index (κ3) is 2.11. The number of fused-ring (bicyclic) bond motifs is 1. The Bertz CT molecular complexity index is 703. The van der Waals surface area contributed by atoms with E-state index in [0.717, 1.165) is 33.9 Å². The lowest BCUT2D eigenvalue weighted by atomic mass is 10.1. The van der Waals surface area contributed by atoms with Crippen LogP contribution in [0.15, 0.2) is 40.2 Å². The average Bonchev–Trinajstić information content (AvgIpc) is 3.00. The van der Waals surface area contributed by atoms with Gasteiger partial charge in [0.15, 0.2) is 5.58 Å². The van der Waals surface area contributed by atoms with Crippen LogP contribution in [0.25, 0.3) is 21.5 Å². The second kappa shape index (κ2) is 4.36. The number of rotatable bonds is 4. The largest absolute Gasteiger partial charge is 0.491 e. The van der Waals surface area contributed by atoms with Gasteiger partial charge >= 0.3 is 0 Å². The predicted molar refractivity (Wildman–Crippen MR) is 74.7 cm³/mol. The van der Waals surface area contributed by atoms with E-state index in [9.17, 15) is 0 Å². The van der Waals surface area contributed by atoms with E-state index in [0.29, 0.717) is 6.61 Å². The fourth-order valence-electron chi connectivity index (χ4n) is 1.92. The van der Waals surface area contributed by atoms with Crippen LogP contribution in [-0.2, 0) is 4.74 Å². The van der Waals surface area contributed by atoms with Crippen molar-refractivity contribution in [2.45, 2.75) is 6.10 Å². The van der Waals surface area contributed by atoms with Crippen molar-refractivity contribution in [2.24, 2.45) is 0 Å². The summed E-state index contributed by atoms with van der Waals surface area (Å²) in [7, 11) is 0. The molecule has 0 radical (unpaired) electrons. The van der Waals surface area contributed by atoms with Gasteiger partial charge in [-0.3, -0.25) is 0 Å². The fraction of sp³-hybridized carbons (Fsp3) is 0.214. The van der Waals surface area contributed by atoms with Gasteiger partial charge < -0.3 is 14.0 Å². The first kappa shape index (κ1) is 11.0. The summed E-state index contributed by atoms with van der Waals surface area (Å²) in [5, 5.41) is 6.12. The quantitative estimate of drug-likeness (QED) is 0.683. The van der Waals surface area contributed by atoms with Crippen molar-refractivity contribution in [1.29, 1.82) is 0 Å². The van der Waals surface area contributed by atoms with Crippen LogP contribution in [0.4, 0.5) is 0 Å². The van der Waals surface area contributed by atoms with Crippen molar-refractivity contribution in [3.05, 3.63) is 35.7 Å². The molecule has 3 aromatic rings. The molecule has 1 aliphatic heterocycles. The predicted octanol–water partition coefficient (Wildman–Crippen LogP) is 3.58. The molecule has 4 rings (SSSR count). The molecule has 1 fully saturated rings. The van der Waals surface area contributed by atoms with E-state index in [1.54, 1.807) is 11.3 Å². The summed E-state index contributed by atoms with van der Waals surface area (Å²) in [6.07, 6.45) is 0.279. The van der Waals surface area contributed by atoms with E-state index in [-0.39, 0.29) is 7.53 Å². The van der Waals surface area contributed by atoms with E-state index < -0.39 is 0 Å². The summed E-state index contributed by atoms with van der Waals surface area (Å²) >= 11 is 1.64. The van der Waals surface area contributed by atoms with Crippen LogP contribution in [0, 0.1) is 0 Å². The summed E-state index contributed by atoms with van der Waals surface area (Å²) in [6, 6.07) is 9.83. The Kier molecular flexibility index (Phi) is 2.53. The topological polar surface area (TPSA) is 47.8 Å². The number of hydrogen-bond acceptors (Lipinski definition) is 5. The van der Waals surface area contributed by atoms with Gasteiger partial charge in [0.05, 0.1) is 6.61 Å². The summed E-state index contributed by atoms with van der Waals surface area (Å²) in [6.45, 7) is 1.44. The molecule has 4 nitrogen and oxygen atoms in total. The molecule has 1 saturated heterocycles. The molecule has 0 N–H and O–H groups in total. The van der Waals surface area contributed by atoms with E-state index in [1.165, 1.54) is 0 Å². The van der Waals surface area contributed by atoms with Gasteiger partial charge in [-0.1, -0.05) is 5.16 Å². The zero-order valence-corrected chi connectivity index (χ0v) is 10.9. The molecule has 1 atom stereocenters. The molecular weight excluding hydrogens is 262 g/mol. The molecule has 98 valence electrons. The van der Waals surface area contributed by atoms with Crippen LogP contribution < -0.4 is 4.74 Å². The smallest absolute Gasteiger partial charge is 0.178 e. The third-order valence-corrected chi connectivity index (χ3v) is 3.95. The van der Waals surface area contributed by atoms with Gasteiger partial charge in [-0.2, -0.15) is 0 Å². The Balaban J connectivity index is 0.00000121. The van der Waals surface area contributed by atoms with Crippen molar-refractivity contribution in [1.82, 2.24) is 5.16 Å². The molecule has 2 aromatic heterocycles. The Morgan fingerprint density at radius 3 is 2.95 bits per heavy atom. The molecule has 0 spiro atoms. The molecule has 0 amide bonds. The minimum Gasteiger partial charge on any atom is -0.491 e. The minimum atomic E-state index is 0. The lowest BCUT2D eigenvalue weighted by molar-refractivity contribution is 0.263. The normalized spacial score (nSPS) is 17.8. The van der Waals surface area contributed by atoms with Crippen molar-refractivity contribution in [3.8, 4) is 17.0 Å². The molecule has 19 heavy (non-hydrogen) atoms. The molecule has 1 aliphatic rings. The highest BCUT2D eigenvalue weighted by atomic mass is 32.1. The second-order valence-electron chi connectivity index (χ2n) is 4.44. The second-order valence-corrected chi connectivity index (χ2v) is 5.35. The lowest BCUT2D eigenvalue weighted by Gasteiger charge is -2.04. The van der Waals surface area contributed by atoms with Crippen LogP contribution in [0.2, 0.25) is 0 Å². The third-order valence-electron chi connectivity index (χ3n) is 3.05. The highest BCUT2D eigenvalue weighted by molar-refractivity contribution is 7.17. The van der Waals surface area contributed by atoms with Gasteiger partial charge in [-0.05, 0) is 35.7 Å². The number of epoxide rings is 1. The van der Waals surface area contributed by atoms with E-state index in [4.69, 9.17) is 14.0 Å². The highest BCUT2D eigenvalue weighted by Gasteiger charge is 2.23. The highest BCUT2D eigenvalue weighted by Crippen LogP contribution is 2.32. The maximum Gasteiger partial charge on any atom is 0.178 e. The molecule has 3 heterocycles. The number of ether oxygens (including phenoxy) is 2. The Morgan fingerprint density at radius 2 is 2.16 bits per heavy atom. The van der Waals surface area contributed by atoms with Gasteiger partial charge in [0.1, 0.15) is 28.9 Å². The van der Waals surface area contributed by atoms with Crippen LogP contribution in [0.3, 0.4) is 0 Å². The fourth-order valence-corrected chi connectivity index (χ4v) is 2.74. The van der Waals surface area contributed by atoms with Crippen LogP contribution >= 0.6 is 11.3 Å². The number of hydrogen-bond donors (Lipinski definition) is 0. The Morgan fingerprint density at radius 1 is 1.32 bits per heavy atom. The van der Waals surface area contributed by atoms with Crippen LogP contribution in [0.5, 0.6) is 5.75 Å². The van der Waals surface area contributed by atoms with Crippen LogP contribution in [0.1, 0.15) is 1.43 Å².